The summed E-state index contributed by atoms with van der Waals surface area (Å²) in [7, 11) is 0. The summed E-state index contributed by atoms with van der Waals surface area (Å²) in [4.78, 5) is 14.0. The van der Waals surface area contributed by atoms with E-state index in [1.807, 2.05) is 4.90 Å². The fraction of sp³-hybridized carbons (Fsp3) is 0.562. The minimum atomic E-state index is 0.309. The van der Waals surface area contributed by atoms with Crippen LogP contribution in [0.4, 0.5) is 0 Å². The minimum Gasteiger partial charge on any atom is -0.343 e. The van der Waals surface area contributed by atoms with Crippen molar-refractivity contribution < 1.29 is 4.79 Å². The molecule has 0 aromatic heterocycles. The zero-order chi connectivity index (χ0) is 13.9. The monoisotopic (exact) mass is 336 g/mol. The van der Waals surface area contributed by atoms with Crippen LogP contribution in [-0.2, 0) is 11.2 Å². The van der Waals surface area contributed by atoms with Crippen molar-refractivity contribution in [1.82, 2.24) is 10.2 Å². The van der Waals surface area contributed by atoms with E-state index in [2.05, 4.69) is 39.4 Å². The predicted molar refractivity (Wildman–Crippen MR) is 83.6 cm³/mol. The van der Waals surface area contributed by atoms with Gasteiger partial charge in [0.2, 0.25) is 5.91 Å². The summed E-state index contributed by atoms with van der Waals surface area (Å²) in [5.74, 6) is 0.309. The molecule has 20 heavy (non-hydrogen) atoms. The lowest BCUT2D eigenvalue weighted by atomic mass is 10.1. The second kappa shape index (κ2) is 6.27. The number of hydrogen-bond donors (Lipinski definition) is 1. The highest BCUT2D eigenvalue weighted by Crippen LogP contribution is 2.32. The Balaban J connectivity index is 1.49. The van der Waals surface area contributed by atoms with Gasteiger partial charge in [-0.1, -0.05) is 22.0 Å². The Morgan fingerprint density at radius 1 is 1.35 bits per heavy atom. The van der Waals surface area contributed by atoms with E-state index in [0.717, 1.165) is 36.9 Å². The van der Waals surface area contributed by atoms with Crippen LogP contribution < -0.4 is 5.32 Å². The Morgan fingerprint density at radius 3 is 2.95 bits per heavy atom. The van der Waals surface area contributed by atoms with Crippen molar-refractivity contribution >= 4 is 21.8 Å². The quantitative estimate of drug-likeness (QED) is 0.916. The fourth-order valence-corrected chi connectivity index (χ4v) is 3.68. The molecule has 4 heteroatoms. The molecular formula is C16H21BrN2O. The van der Waals surface area contributed by atoms with Crippen molar-refractivity contribution in [2.24, 2.45) is 0 Å². The summed E-state index contributed by atoms with van der Waals surface area (Å²) < 4.78 is 1.15. The van der Waals surface area contributed by atoms with Gasteiger partial charge in [0.15, 0.2) is 0 Å². The van der Waals surface area contributed by atoms with Gasteiger partial charge >= 0.3 is 0 Å². The van der Waals surface area contributed by atoms with E-state index >= 15 is 0 Å². The highest BCUT2D eigenvalue weighted by Gasteiger charge is 2.23. The van der Waals surface area contributed by atoms with Gasteiger partial charge in [0.1, 0.15) is 0 Å². The molecule has 1 N–H and O–H groups in total. The molecule has 108 valence electrons. The molecule has 2 aliphatic rings. The van der Waals surface area contributed by atoms with Crippen LogP contribution >= 0.6 is 15.9 Å². The van der Waals surface area contributed by atoms with Crippen molar-refractivity contribution in [2.75, 3.05) is 19.6 Å². The second-order valence-corrected chi connectivity index (χ2v) is 6.64. The first-order valence-electron chi connectivity index (χ1n) is 7.53. The molecular weight excluding hydrogens is 316 g/mol. The Kier molecular flexibility index (Phi) is 4.41. The molecule has 1 atom stereocenters. The molecule has 1 aromatic rings. The number of halogens is 1. The van der Waals surface area contributed by atoms with Crippen LogP contribution in [0.2, 0.25) is 0 Å². The highest BCUT2D eigenvalue weighted by molar-refractivity contribution is 9.10. The number of fused-ring (bicyclic) bond motifs is 1. The zero-order valence-electron chi connectivity index (χ0n) is 11.7. The van der Waals surface area contributed by atoms with Gasteiger partial charge in [-0.15, -0.1) is 0 Å². The predicted octanol–water partition coefficient (Wildman–Crippen LogP) is 3.04. The molecule has 0 spiro atoms. The van der Waals surface area contributed by atoms with Crippen LogP contribution in [0.15, 0.2) is 22.7 Å². The first-order chi connectivity index (χ1) is 9.74. The van der Waals surface area contributed by atoms with Crippen LogP contribution in [0.3, 0.4) is 0 Å². The number of carbonyl (C=O) groups excluding carboxylic acids is 1. The maximum absolute atomic E-state index is 12.0. The van der Waals surface area contributed by atoms with Gasteiger partial charge in [-0.25, -0.2) is 0 Å². The van der Waals surface area contributed by atoms with Crippen molar-refractivity contribution in [2.45, 2.75) is 38.1 Å². The number of aryl methyl sites for hydroxylation is 1. The SMILES string of the molecule is O=C(CCNC1CCc2cc(Br)ccc21)N1CCCC1. The first kappa shape index (κ1) is 14.1. The van der Waals surface area contributed by atoms with E-state index < -0.39 is 0 Å². The van der Waals surface area contributed by atoms with Gasteiger partial charge in [0.25, 0.3) is 0 Å². The number of nitrogens with zero attached hydrogens (tertiary/aromatic N) is 1. The van der Waals surface area contributed by atoms with Crippen LogP contribution in [0.1, 0.15) is 42.9 Å². The molecule has 0 saturated carbocycles. The Hall–Kier alpha value is -0.870. The maximum atomic E-state index is 12.0. The lowest BCUT2D eigenvalue weighted by molar-refractivity contribution is -0.130. The van der Waals surface area contributed by atoms with Gasteiger partial charge in [-0.3, -0.25) is 4.79 Å². The van der Waals surface area contributed by atoms with E-state index in [1.165, 1.54) is 24.0 Å². The standard InChI is InChI=1S/C16H21BrN2O/c17-13-4-5-14-12(11-13)3-6-15(14)18-8-7-16(20)19-9-1-2-10-19/h4-5,11,15,18H,1-3,6-10H2. The summed E-state index contributed by atoms with van der Waals surface area (Å²) in [5, 5.41) is 3.55. The first-order valence-corrected chi connectivity index (χ1v) is 8.33. The number of likely N-dealkylation sites (tertiary alicyclic amines) is 1. The van der Waals surface area contributed by atoms with E-state index in [-0.39, 0.29) is 0 Å². The van der Waals surface area contributed by atoms with Crippen LogP contribution in [-0.4, -0.2) is 30.4 Å². The summed E-state index contributed by atoms with van der Waals surface area (Å²) in [6.45, 7) is 2.70. The Bertz CT molecular complexity index is 497. The van der Waals surface area contributed by atoms with Crippen molar-refractivity contribution in [3.05, 3.63) is 33.8 Å². The summed E-state index contributed by atoms with van der Waals surface area (Å²) >= 11 is 3.52. The summed E-state index contributed by atoms with van der Waals surface area (Å²) in [6, 6.07) is 6.94. The molecule has 3 nitrogen and oxygen atoms in total. The average Bonchev–Trinajstić information content (AvgIpc) is 3.08. The molecule has 0 radical (unpaired) electrons. The molecule has 1 aliphatic heterocycles. The van der Waals surface area contributed by atoms with Gasteiger partial charge in [0, 0.05) is 36.6 Å². The van der Waals surface area contributed by atoms with Crippen LogP contribution in [0.25, 0.3) is 0 Å². The molecule has 1 amide bonds. The number of rotatable bonds is 4. The minimum absolute atomic E-state index is 0.309. The third kappa shape index (κ3) is 3.07. The molecule has 1 fully saturated rings. The summed E-state index contributed by atoms with van der Waals surface area (Å²) in [6.07, 6.45) is 5.24. The molecule has 1 aliphatic carbocycles. The van der Waals surface area contributed by atoms with Gasteiger partial charge < -0.3 is 10.2 Å². The second-order valence-electron chi connectivity index (χ2n) is 5.73. The van der Waals surface area contributed by atoms with Crippen molar-refractivity contribution in [3.63, 3.8) is 0 Å². The van der Waals surface area contributed by atoms with Gasteiger partial charge in [-0.2, -0.15) is 0 Å². The zero-order valence-corrected chi connectivity index (χ0v) is 13.3. The molecule has 1 aromatic carbocycles. The molecule has 1 unspecified atom stereocenters. The van der Waals surface area contributed by atoms with Gasteiger partial charge in [0.05, 0.1) is 0 Å². The average molecular weight is 337 g/mol. The van der Waals surface area contributed by atoms with Crippen molar-refractivity contribution in [1.29, 1.82) is 0 Å². The van der Waals surface area contributed by atoms with Crippen LogP contribution in [0, 0.1) is 0 Å². The van der Waals surface area contributed by atoms with E-state index in [0.29, 0.717) is 18.4 Å². The topological polar surface area (TPSA) is 32.3 Å². The van der Waals surface area contributed by atoms with Gasteiger partial charge in [-0.05, 0) is 48.9 Å². The van der Waals surface area contributed by atoms with Crippen molar-refractivity contribution in [3.8, 4) is 0 Å². The summed E-state index contributed by atoms with van der Waals surface area (Å²) in [5.41, 5.74) is 2.84. The maximum Gasteiger partial charge on any atom is 0.223 e. The fourth-order valence-electron chi connectivity index (χ4n) is 3.28. The third-order valence-electron chi connectivity index (χ3n) is 4.37. The third-order valence-corrected chi connectivity index (χ3v) is 4.86. The highest BCUT2D eigenvalue weighted by atomic mass is 79.9. The number of amides is 1. The number of nitrogens with one attached hydrogen (secondary N) is 1. The molecule has 0 bridgehead atoms. The van der Waals surface area contributed by atoms with E-state index in [1.54, 1.807) is 0 Å². The lowest BCUT2D eigenvalue weighted by Gasteiger charge is -2.17. The van der Waals surface area contributed by atoms with Crippen LogP contribution in [0.5, 0.6) is 0 Å². The largest absolute Gasteiger partial charge is 0.343 e. The number of hydrogen-bond acceptors (Lipinski definition) is 2. The van der Waals surface area contributed by atoms with E-state index in [9.17, 15) is 4.79 Å². The Labute approximate surface area is 128 Å². The molecule has 1 heterocycles. The molecule has 1 saturated heterocycles. The number of carbonyl (C=O) groups is 1. The smallest absolute Gasteiger partial charge is 0.223 e. The lowest BCUT2D eigenvalue weighted by Crippen LogP contribution is -2.31. The molecule has 3 rings (SSSR count). The Morgan fingerprint density at radius 2 is 2.15 bits per heavy atom. The number of benzene rings is 1. The normalized spacial score (nSPS) is 21.2. The van der Waals surface area contributed by atoms with E-state index in [4.69, 9.17) is 0 Å².